The van der Waals surface area contributed by atoms with Crippen molar-refractivity contribution in [2.24, 2.45) is 0 Å². The zero-order valence-electron chi connectivity index (χ0n) is 16.2. The largest absolute Gasteiger partial charge is 0.495 e. The van der Waals surface area contributed by atoms with E-state index in [1.807, 2.05) is 31.2 Å². The number of rotatable bonds is 4. The summed E-state index contributed by atoms with van der Waals surface area (Å²) in [5, 5.41) is 2.93. The van der Waals surface area contributed by atoms with Crippen LogP contribution in [0.4, 0.5) is 11.4 Å². The van der Waals surface area contributed by atoms with Crippen LogP contribution in [0, 0.1) is 6.92 Å². The van der Waals surface area contributed by atoms with Gasteiger partial charge in [-0.2, -0.15) is 0 Å². The fourth-order valence-electron chi connectivity index (χ4n) is 3.73. The molecule has 0 atom stereocenters. The number of ether oxygens (including phenoxy) is 3. The molecule has 1 aromatic heterocycles. The Morgan fingerprint density at radius 2 is 1.93 bits per heavy atom. The van der Waals surface area contributed by atoms with E-state index < -0.39 is 5.79 Å². The first-order valence-corrected chi connectivity index (χ1v) is 9.52. The minimum atomic E-state index is -0.416. The van der Waals surface area contributed by atoms with Gasteiger partial charge in [-0.1, -0.05) is 6.07 Å². The van der Waals surface area contributed by atoms with Crippen LogP contribution in [-0.2, 0) is 9.47 Å². The number of carbonyl (C=O) groups excluding carboxylic acids is 1. The van der Waals surface area contributed by atoms with Crippen LogP contribution in [0.5, 0.6) is 5.75 Å². The first-order chi connectivity index (χ1) is 13.6. The fourth-order valence-corrected chi connectivity index (χ4v) is 3.73. The number of pyridine rings is 1. The lowest BCUT2D eigenvalue weighted by Gasteiger charge is -2.38. The van der Waals surface area contributed by atoms with E-state index in [0.717, 1.165) is 37.2 Å². The Labute approximate surface area is 164 Å². The van der Waals surface area contributed by atoms with E-state index in [-0.39, 0.29) is 5.91 Å². The molecule has 7 heteroatoms. The average Bonchev–Trinajstić information content (AvgIpc) is 3.17. The Balaban J connectivity index is 1.46. The number of aromatic nitrogens is 1. The van der Waals surface area contributed by atoms with Gasteiger partial charge in [-0.15, -0.1) is 0 Å². The lowest BCUT2D eigenvalue weighted by atomic mass is 10.0. The van der Waals surface area contributed by atoms with Crippen molar-refractivity contribution in [3.8, 4) is 5.75 Å². The number of amides is 1. The number of hydrogen-bond acceptors (Lipinski definition) is 6. The summed E-state index contributed by atoms with van der Waals surface area (Å²) >= 11 is 0. The molecule has 1 spiro atoms. The molecular formula is C21H25N3O4. The molecule has 2 aliphatic heterocycles. The fraction of sp³-hybridized carbons (Fsp3) is 0.429. The van der Waals surface area contributed by atoms with Crippen molar-refractivity contribution in [3.05, 3.63) is 47.8 Å². The highest BCUT2D eigenvalue weighted by Gasteiger charge is 2.39. The van der Waals surface area contributed by atoms with Gasteiger partial charge in [0.25, 0.3) is 5.91 Å². The summed E-state index contributed by atoms with van der Waals surface area (Å²) in [6.07, 6.45) is 4.99. The molecule has 1 amide bonds. The summed E-state index contributed by atoms with van der Waals surface area (Å²) in [5.74, 6) is -0.00386. The topological polar surface area (TPSA) is 72.9 Å². The Kier molecular flexibility index (Phi) is 5.19. The third-order valence-electron chi connectivity index (χ3n) is 5.29. The van der Waals surface area contributed by atoms with Gasteiger partial charge in [0.1, 0.15) is 5.75 Å². The van der Waals surface area contributed by atoms with Gasteiger partial charge in [0.2, 0.25) is 0 Å². The smallest absolute Gasteiger partial charge is 0.257 e. The van der Waals surface area contributed by atoms with Crippen molar-refractivity contribution in [1.29, 1.82) is 0 Å². The predicted octanol–water partition coefficient (Wildman–Crippen LogP) is 2.99. The molecule has 0 saturated carbocycles. The first kappa shape index (κ1) is 18.7. The van der Waals surface area contributed by atoms with Crippen LogP contribution >= 0.6 is 0 Å². The van der Waals surface area contributed by atoms with Crippen LogP contribution in [0.2, 0.25) is 0 Å². The summed E-state index contributed by atoms with van der Waals surface area (Å²) in [7, 11) is 1.59. The van der Waals surface area contributed by atoms with Crippen LogP contribution in [0.1, 0.15) is 28.8 Å². The lowest BCUT2D eigenvalue weighted by Crippen LogP contribution is -2.45. The number of benzene rings is 1. The Bertz CT molecular complexity index is 854. The van der Waals surface area contributed by atoms with E-state index >= 15 is 0 Å². The highest BCUT2D eigenvalue weighted by molar-refractivity contribution is 6.05. The summed E-state index contributed by atoms with van der Waals surface area (Å²) in [6.45, 7) is 4.91. The molecule has 0 aliphatic carbocycles. The van der Waals surface area contributed by atoms with Crippen molar-refractivity contribution in [2.45, 2.75) is 25.6 Å². The number of methoxy groups -OCH3 is 1. The number of nitrogens with one attached hydrogen (secondary N) is 1. The summed E-state index contributed by atoms with van der Waals surface area (Å²) in [5.41, 5.74) is 3.13. The third kappa shape index (κ3) is 3.81. The first-order valence-electron chi connectivity index (χ1n) is 9.52. The molecule has 2 fully saturated rings. The highest BCUT2D eigenvalue weighted by atomic mass is 16.7. The summed E-state index contributed by atoms with van der Waals surface area (Å²) in [4.78, 5) is 19.3. The van der Waals surface area contributed by atoms with Crippen LogP contribution < -0.4 is 15.0 Å². The van der Waals surface area contributed by atoms with E-state index in [4.69, 9.17) is 14.2 Å². The SMILES string of the molecule is COc1ccc(C)cc1NC(=O)c1cncc(N2CCC3(CC2)OCCO3)c1. The second kappa shape index (κ2) is 7.77. The van der Waals surface area contributed by atoms with Crippen molar-refractivity contribution in [1.82, 2.24) is 4.98 Å². The molecule has 148 valence electrons. The molecule has 1 aromatic carbocycles. The molecule has 2 aromatic rings. The minimum absolute atomic E-state index is 0.214. The van der Waals surface area contributed by atoms with Crippen LogP contribution in [-0.4, -0.2) is 50.1 Å². The molecule has 0 bridgehead atoms. The number of aryl methyl sites for hydroxylation is 1. The molecular weight excluding hydrogens is 358 g/mol. The monoisotopic (exact) mass is 383 g/mol. The highest BCUT2D eigenvalue weighted by Crippen LogP contribution is 2.33. The van der Waals surface area contributed by atoms with Crippen molar-refractivity contribution < 1.29 is 19.0 Å². The molecule has 0 unspecified atom stereocenters. The number of hydrogen-bond donors (Lipinski definition) is 1. The maximum absolute atomic E-state index is 12.8. The van der Waals surface area contributed by atoms with Crippen LogP contribution in [0.15, 0.2) is 36.7 Å². The number of nitrogens with zero attached hydrogens (tertiary/aromatic N) is 2. The number of anilines is 2. The van der Waals surface area contributed by atoms with Crippen molar-refractivity contribution >= 4 is 17.3 Å². The molecule has 7 nitrogen and oxygen atoms in total. The van der Waals surface area contributed by atoms with Gasteiger partial charge < -0.3 is 24.4 Å². The Hall–Kier alpha value is -2.64. The summed E-state index contributed by atoms with van der Waals surface area (Å²) in [6, 6.07) is 7.55. The predicted molar refractivity (Wildman–Crippen MR) is 106 cm³/mol. The quantitative estimate of drug-likeness (QED) is 0.875. The molecule has 1 N–H and O–H groups in total. The van der Waals surface area contributed by atoms with E-state index in [2.05, 4.69) is 15.2 Å². The Morgan fingerprint density at radius 1 is 1.18 bits per heavy atom. The van der Waals surface area contributed by atoms with E-state index in [9.17, 15) is 4.79 Å². The van der Waals surface area contributed by atoms with Gasteiger partial charge in [-0.3, -0.25) is 9.78 Å². The molecule has 0 radical (unpaired) electrons. The van der Waals surface area contributed by atoms with Crippen molar-refractivity contribution in [2.75, 3.05) is 43.6 Å². The van der Waals surface area contributed by atoms with Gasteiger partial charge in [-0.25, -0.2) is 0 Å². The van der Waals surface area contributed by atoms with E-state index in [0.29, 0.717) is 30.2 Å². The van der Waals surface area contributed by atoms with Gasteiger partial charge in [-0.05, 0) is 30.7 Å². The maximum Gasteiger partial charge on any atom is 0.257 e. The minimum Gasteiger partial charge on any atom is -0.495 e. The molecule has 3 heterocycles. The van der Waals surface area contributed by atoms with Gasteiger partial charge in [0.05, 0.1) is 43.5 Å². The zero-order chi connectivity index (χ0) is 19.6. The molecule has 2 saturated heterocycles. The van der Waals surface area contributed by atoms with E-state index in [1.165, 1.54) is 0 Å². The van der Waals surface area contributed by atoms with Gasteiger partial charge in [0.15, 0.2) is 5.79 Å². The molecule has 2 aliphatic rings. The van der Waals surface area contributed by atoms with E-state index in [1.54, 1.807) is 19.5 Å². The normalized spacial score (nSPS) is 18.3. The van der Waals surface area contributed by atoms with Crippen LogP contribution in [0.25, 0.3) is 0 Å². The third-order valence-corrected chi connectivity index (χ3v) is 5.29. The number of carbonyl (C=O) groups is 1. The second-order valence-electron chi connectivity index (χ2n) is 7.18. The maximum atomic E-state index is 12.8. The van der Waals surface area contributed by atoms with Crippen molar-refractivity contribution in [3.63, 3.8) is 0 Å². The van der Waals surface area contributed by atoms with Crippen LogP contribution in [0.3, 0.4) is 0 Å². The summed E-state index contributed by atoms with van der Waals surface area (Å²) < 4.78 is 16.9. The van der Waals surface area contributed by atoms with Gasteiger partial charge >= 0.3 is 0 Å². The zero-order valence-corrected chi connectivity index (χ0v) is 16.2. The molecule has 4 rings (SSSR count). The Morgan fingerprint density at radius 3 is 2.64 bits per heavy atom. The lowest BCUT2D eigenvalue weighted by molar-refractivity contribution is -0.169. The molecule has 28 heavy (non-hydrogen) atoms. The standard InChI is InChI=1S/C21H25N3O4/c1-15-3-4-19(26-2)18(11-15)23-20(25)16-12-17(14-22-13-16)24-7-5-21(6-8-24)27-9-10-28-21/h3-4,11-14H,5-10H2,1-2H3,(H,23,25). The second-order valence-corrected chi connectivity index (χ2v) is 7.18. The average molecular weight is 383 g/mol. The van der Waals surface area contributed by atoms with Gasteiger partial charge in [0, 0.05) is 32.1 Å². The number of piperidine rings is 1.